The molecular formula is C14H17F2NO3. The van der Waals surface area contributed by atoms with Gasteiger partial charge >= 0.3 is 5.97 Å². The maximum Gasteiger partial charge on any atom is 0.305 e. The molecule has 0 aliphatic heterocycles. The first kappa shape index (κ1) is 16.1. The minimum Gasteiger partial charge on any atom is -0.481 e. The molecule has 1 amide bonds. The molecule has 0 heterocycles. The molecule has 0 saturated heterocycles. The number of carbonyl (C=O) groups excluding carboxylic acids is 1. The Balaban J connectivity index is 3.07. The predicted octanol–water partition coefficient (Wildman–Crippen LogP) is 2.68. The highest BCUT2D eigenvalue weighted by Gasteiger charge is 2.29. The van der Waals surface area contributed by atoms with Gasteiger partial charge in [-0.15, -0.1) is 0 Å². The van der Waals surface area contributed by atoms with Crippen LogP contribution in [0.1, 0.15) is 37.6 Å². The normalized spacial score (nSPS) is 11.2. The Hall–Kier alpha value is -1.98. The van der Waals surface area contributed by atoms with Crippen LogP contribution in [-0.2, 0) is 4.79 Å². The Bertz CT molecular complexity index is 524. The third-order valence-electron chi connectivity index (χ3n) is 2.77. The van der Waals surface area contributed by atoms with E-state index in [0.29, 0.717) is 6.07 Å². The molecule has 0 aliphatic carbocycles. The molecule has 0 atom stereocenters. The van der Waals surface area contributed by atoms with Crippen molar-refractivity contribution in [2.45, 2.75) is 32.7 Å². The van der Waals surface area contributed by atoms with E-state index < -0.39 is 29.0 Å². The number of carboxylic acid groups (broad SMARTS) is 1. The fraction of sp³-hybridized carbons (Fsp3) is 0.429. The Kier molecular flexibility index (Phi) is 4.81. The van der Waals surface area contributed by atoms with Crippen molar-refractivity contribution in [1.29, 1.82) is 0 Å². The summed E-state index contributed by atoms with van der Waals surface area (Å²) in [4.78, 5) is 24.2. The first-order valence-electron chi connectivity index (χ1n) is 6.11. The lowest BCUT2D eigenvalue weighted by Crippen LogP contribution is -2.46. The van der Waals surface area contributed by atoms with Crippen molar-refractivity contribution in [1.82, 2.24) is 4.90 Å². The van der Waals surface area contributed by atoms with Crippen molar-refractivity contribution < 1.29 is 23.5 Å². The van der Waals surface area contributed by atoms with Crippen molar-refractivity contribution in [3.8, 4) is 0 Å². The molecule has 1 aromatic carbocycles. The molecular weight excluding hydrogens is 268 g/mol. The van der Waals surface area contributed by atoms with Gasteiger partial charge in [0.15, 0.2) is 0 Å². The standard InChI is InChI=1S/C14H17F2NO3/c1-14(2,3)17(7-6-12(18)19)13(20)10-5-4-9(15)8-11(10)16/h4-5,8H,6-7H2,1-3H3,(H,18,19). The maximum absolute atomic E-state index is 13.6. The molecule has 1 rings (SSSR count). The SMILES string of the molecule is CC(C)(C)N(CCC(=O)O)C(=O)c1ccc(F)cc1F. The second kappa shape index (κ2) is 5.98. The van der Waals surface area contributed by atoms with E-state index in [2.05, 4.69) is 0 Å². The highest BCUT2D eigenvalue weighted by molar-refractivity contribution is 5.95. The third kappa shape index (κ3) is 4.01. The smallest absolute Gasteiger partial charge is 0.305 e. The lowest BCUT2D eigenvalue weighted by Gasteiger charge is -2.35. The van der Waals surface area contributed by atoms with E-state index in [1.54, 1.807) is 20.8 Å². The molecule has 0 spiro atoms. The Morgan fingerprint density at radius 1 is 1.25 bits per heavy atom. The second-order valence-electron chi connectivity index (χ2n) is 5.40. The summed E-state index contributed by atoms with van der Waals surface area (Å²) < 4.78 is 26.5. The van der Waals surface area contributed by atoms with Crippen LogP contribution in [-0.4, -0.2) is 34.0 Å². The van der Waals surface area contributed by atoms with Gasteiger partial charge < -0.3 is 10.0 Å². The van der Waals surface area contributed by atoms with E-state index in [1.807, 2.05) is 0 Å². The van der Waals surface area contributed by atoms with Gasteiger partial charge in [0.2, 0.25) is 0 Å². The van der Waals surface area contributed by atoms with Crippen molar-refractivity contribution in [3.63, 3.8) is 0 Å². The Morgan fingerprint density at radius 2 is 1.85 bits per heavy atom. The summed E-state index contributed by atoms with van der Waals surface area (Å²) in [6, 6.07) is 2.69. The van der Waals surface area contributed by atoms with Gasteiger partial charge in [0.25, 0.3) is 5.91 Å². The van der Waals surface area contributed by atoms with E-state index in [4.69, 9.17) is 5.11 Å². The molecule has 1 aromatic rings. The van der Waals surface area contributed by atoms with Gasteiger partial charge in [0.05, 0.1) is 12.0 Å². The zero-order valence-corrected chi connectivity index (χ0v) is 11.6. The molecule has 4 nitrogen and oxygen atoms in total. The summed E-state index contributed by atoms with van der Waals surface area (Å²) in [7, 11) is 0. The largest absolute Gasteiger partial charge is 0.481 e. The first-order valence-corrected chi connectivity index (χ1v) is 6.11. The molecule has 0 unspecified atom stereocenters. The van der Waals surface area contributed by atoms with Crippen LogP contribution < -0.4 is 0 Å². The van der Waals surface area contributed by atoms with Gasteiger partial charge in [0.1, 0.15) is 11.6 Å². The molecule has 0 radical (unpaired) electrons. The number of aliphatic carboxylic acids is 1. The number of benzene rings is 1. The van der Waals surface area contributed by atoms with E-state index in [9.17, 15) is 18.4 Å². The molecule has 0 fully saturated rings. The lowest BCUT2D eigenvalue weighted by atomic mass is 10.0. The number of hydrogen-bond donors (Lipinski definition) is 1. The van der Waals surface area contributed by atoms with Crippen LogP contribution in [0.2, 0.25) is 0 Å². The molecule has 0 saturated carbocycles. The molecule has 0 aromatic heterocycles. The van der Waals surface area contributed by atoms with Gasteiger partial charge in [-0.25, -0.2) is 8.78 Å². The number of rotatable bonds is 4. The topological polar surface area (TPSA) is 57.6 Å². The van der Waals surface area contributed by atoms with Crippen LogP contribution in [0, 0.1) is 11.6 Å². The second-order valence-corrected chi connectivity index (χ2v) is 5.40. The van der Waals surface area contributed by atoms with Crippen LogP contribution in [0.15, 0.2) is 18.2 Å². The molecule has 6 heteroatoms. The number of halogens is 2. The average Bonchev–Trinajstić information content (AvgIpc) is 2.26. The summed E-state index contributed by atoms with van der Waals surface area (Å²) in [6.45, 7) is 5.10. The fourth-order valence-electron chi connectivity index (χ4n) is 1.76. The van der Waals surface area contributed by atoms with Crippen LogP contribution in [0.4, 0.5) is 8.78 Å². The molecule has 110 valence electrons. The highest BCUT2D eigenvalue weighted by Crippen LogP contribution is 2.20. The quantitative estimate of drug-likeness (QED) is 0.925. The molecule has 20 heavy (non-hydrogen) atoms. The number of hydrogen-bond acceptors (Lipinski definition) is 2. The van der Waals surface area contributed by atoms with Crippen LogP contribution in [0.3, 0.4) is 0 Å². The van der Waals surface area contributed by atoms with Gasteiger partial charge in [0, 0.05) is 18.2 Å². The predicted molar refractivity (Wildman–Crippen MR) is 69.4 cm³/mol. The summed E-state index contributed by atoms with van der Waals surface area (Å²) in [6.07, 6.45) is -0.244. The minimum absolute atomic E-state index is 0.0471. The van der Waals surface area contributed by atoms with E-state index >= 15 is 0 Å². The van der Waals surface area contributed by atoms with Gasteiger partial charge in [-0.05, 0) is 32.9 Å². The van der Waals surface area contributed by atoms with Crippen molar-refractivity contribution in [2.24, 2.45) is 0 Å². The molecule has 0 bridgehead atoms. The number of nitrogens with zero attached hydrogens (tertiary/aromatic N) is 1. The van der Waals surface area contributed by atoms with Gasteiger partial charge in [-0.1, -0.05) is 0 Å². The van der Waals surface area contributed by atoms with Gasteiger partial charge in [-0.2, -0.15) is 0 Å². The van der Waals surface area contributed by atoms with Gasteiger partial charge in [-0.3, -0.25) is 9.59 Å². The highest BCUT2D eigenvalue weighted by atomic mass is 19.1. The lowest BCUT2D eigenvalue weighted by molar-refractivity contribution is -0.137. The van der Waals surface area contributed by atoms with Crippen LogP contribution in [0.25, 0.3) is 0 Å². The van der Waals surface area contributed by atoms with E-state index in [-0.39, 0.29) is 18.5 Å². The van der Waals surface area contributed by atoms with Crippen molar-refractivity contribution >= 4 is 11.9 Å². The van der Waals surface area contributed by atoms with E-state index in [0.717, 1.165) is 12.1 Å². The van der Waals surface area contributed by atoms with E-state index in [1.165, 1.54) is 4.90 Å². The number of carbonyl (C=O) groups is 2. The summed E-state index contributed by atoms with van der Waals surface area (Å²) >= 11 is 0. The monoisotopic (exact) mass is 285 g/mol. The zero-order valence-electron chi connectivity index (χ0n) is 11.6. The average molecular weight is 285 g/mol. The number of amides is 1. The number of carboxylic acids is 1. The molecule has 1 N–H and O–H groups in total. The van der Waals surface area contributed by atoms with Crippen molar-refractivity contribution in [3.05, 3.63) is 35.4 Å². The fourth-order valence-corrected chi connectivity index (χ4v) is 1.76. The summed E-state index contributed by atoms with van der Waals surface area (Å²) in [5.74, 6) is -3.44. The zero-order chi connectivity index (χ0) is 15.5. The summed E-state index contributed by atoms with van der Waals surface area (Å²) in [5.41, 5.74) is -0.945. The van der Waals surface area contributed by atoms with Crippen LogP contribution >= 0.6 is 0 Å². The van der Waals surface area contributed by atoms with Crippen LogP contribution in [0.5, 0.6) is 0 Å². The third-order valence-corrected chi connectivity index (χ3v) is 2.77. The van der Waals surface area contributed by atoms with Crippen molar-refractivity contribution in [2.75, 3.05) is 6.54 Å². The Labute approximate surface area is 116 Å². The Morgan fingerprint density at radius 3 is 2.30 bits per heavy atom. The first-order chi connectivity index (χ1) is 9.12. The minimum atomic E-state index is -1.05. The summed E-state index contributed by atoms with van der Waals surface area (Å²) in [5, 5.41) is 8.71. The molecule has 0 aliphatic rings. The maximum atomic E-state index is 13.6.